The number of carbonyl (C=O) groups is 3. The number of nitrogens with one attached hydrogen (secondary N) is 2. The fraction of sp³-hybridized carbons (Fsp3) is 0.875. The highest BCUT2D eigenvalue weighted by atomic mass is 16.6. The molecular weight excluding hydrogens is 412 g/mol. The van der Waals surface area contributed by atoms with Gasteiger partial charge in [-0.2, -0.15) is 0 Å². The Kier molecular flexibility index (Phi) is 17.9. The van der Waals surface area contributed by atoms with Crippen LogP contribution in [0.4, 0.5) is 9.59 Å². The van der Waals surface area contributed by atoms with Crippen LogP contribution < -0.4 is 10.6 Å². The summed E-state index contributed by atoms with van der Waals surface area (Å²) in [5.74, 6) is 0.461. The van der Waals surface area contributed by atoms with E-state index in [0.717, 1.165) is 44.8 Å². The number of ether oxygens (including phenoxy) is 2. The van der Waals surface area contributed by atoms with Crippen LogP contribution in [0.1, 0.15) is 93.9 Å². The minimum Gasteiger partial charge on any atom is -0.444 e. The Labute approximate surface area is 195 Å². The zero-order chi connectivity index (χ0) is 25.2. The van der Waals surface area contributed by atoms with Crippen molar-refractivity contribution in [1.29, 1.82) is 0 Å². The molecule has 0 saturated heterocycles. The van der Waals surface area contributed by atoms with Gasteiger partial charge in [0, 0.05) is 25.6 Å². The number of aliphatic hydroxyl groups excluding tert-OH is 1. The summed E-state index contributed by atoms with van der Waals surface area (Å²) in [6.07, 6.45) is 5.83. The smallest absolute Gasteiger partial charge is 0.407 e. The first-order chi connectivity index (χ1) is 14.7. The van der Waals surface area contributed by atoms with Crippen LogP contribution in [0.2, 0.25) is 0 Å². The largest absolute Gasteiger partial charge is 0.444 e. The average Bonchev–Trinajstić information content (AvgIpc) is 2.64. The molecule has 0 radical (unpaired) electrons. The van der Waals surface area contributed by atoms with Crippen molar-refractivity contribution in [2.24, 2.45) is 11.8 Å². The van der Waals surface area contributed by atoms with E-state index in [4.69, 9.17) is 14.6 Å². The van der Waals surface area contributed by atoms with Crippen LogP contribution in [0.3, 0.4) is 0 Å². The molecule has 0 heterocycles. The van der Waals surface area contributed by atoms with Gasteiger partial charge in [-0.15, -0.1) is 0 Å². The topological polar surface area (TPSA) is 114 Å². The molecule has 0 rings (SSSR count). The second-order valence-corrected chi connectivity index (χ2v) is 10.3. The Hall–Kier alpha value is -1.83. The third-order valence-electron chi connectivity index (χ3n) is 4.09. The zero-order valence-corrected chi connectivity index (χ0v) is 21.6. The van der Waals surface area contributed by atoms with Gasteiger partial charge in [-0.05, 0) is 73.1 Å². The number of alkyl carbamates (subject to hydrolysis) is 2. The molecule has 8 heteroatoms. The number of carbonyl (C=O) groups excluding carboxylic acids is 3. The fourth-order valence-corrected chi connectivity index (χ4v) is 2.38. The second kappa shape index (κ2) is 17.7. The first-order valence-electron chi connectivity index (χ1n) is 11.7. The van der Waals surface area contributed by atoms with E-state index in [1.807, 2.05) is 55.4 Å². The maximum atomic E-state index is 11.2. The molecule has 0 aromatic heterocycles. The third-order valence-corrected chi connectivity index (χ3v) is 4.09. The Morgan fingerprint density at radius 1 is 0.812 bits per heavy atom. The predicted octanol–water partition coefficient (Wildman–Crippen LogP) is 4.83. The fourth-order valence-electron chi connectivity index (χ4n) is 2.38. The van der Waals surface area contributed by atoms with Crippen molar-refractivity contribution in [3.05, 3.63) is 0 Å². The molecular formula is C24H48N2O6. The van der Waals surface area contributed by atoms with Crippen molar-refractivity contribution in [3.8, 4) is 0 Å². The quantitative estimate of drug-likeness (QED) is 0.284. The molecule has 190 valence electrons. The number of rotatable bonds is 12. The number of hydrogen-bond acceptors (Lipinski definition) is 6. The summed E-state index contributed by atoms with van der Waals surface area (Å²) in [4.78, 5) is 32.8. The van der Waals surface area contributed by atoms with Crippen LogP contribution >= 0.6 is 0 Å². The van der Waals surface area contributed by atoms with Crippen molar-refractivity contribution in [1.82, 2.24) is 10.6 Å². The second-order valence-electron chi connectivity index (χ2n) is 10.3. The lowest BCUT2D eigenvalue weighted by Gasteiger charge is -2.19. The maximum absolute atomic E-state index is 11.2. The number of hydrogen-bond donors (Lipinski definition) is 3. The van der Waals surface area contributed by atoms with E-state index >= 15 is 0 Å². The Morgan fingerprint density at radius 2 is 1.22 bits per heavy atom. The molecule has 0 saturated carbocycles. The number of amides is 2. The van der Waals surface area contributed by atoms with Gasteiger partial charge < -0.3 is 30.0 Å². The summed E-state index contributed by atoms with van der Waals surface area (Å²) in [6, 6.07) is 0. The van der Waals surface area contributed by atoms with E-state index in [1.54, 1.807) is 0 Å². The average molecular weight is 461 g/mol. The molecule has 3 N–H and O–H groups in total. The standard InChI is InChI=1S/C12H25NO3.C12H23NO3/c2*1-10(9-14)7-5-6-8-13-11(15)16-12(2,3)4/h10,14H,5-9H2,1-4H3,(H,13,15);9-10H,5-8H2,1-4H3,(H,13,15). The van der Waals surface area contributed by atoms with Gasteiger partial charge in [0.1, 0.15) is 17.5 Å². The number of unbranched alkanes of at least 4 members (excludes halogenated alkanes) is 2. The van der Waals surface area contributed by atoms with Crippen molar-refractivity contribution in [2.45, 2.75) is 105 Å². The number of aldehydes is 1. The first-order valence-corrected chi connectivity index (χ1v) is 11.7. The van der Waals surface area contributed by atoms with E-state index in [2.05, 4.69) is 10.6 Å². The molecule has 8 nitrogen and oxygen atoms in total. The summed E-state index contributed by atoms with van der Waals surface area (Å²) in [5.41, 5.74) is -0.883. The Bertz CT molecular complexity index is 512. The van der Waals surface area contributed by atoms with Gasteiger partial charge in [-0.1, -0.05) is 26.7 Å². The van der Waals surface area contributed by atoms with Crippen LogP contribution in [0.5, 0.6) is 0 Å². The van der Waals surface area contributed by atoms with Crippen LogP contribution in [0.25, 0.3) is 0 Å². The van der Waals surface area contributed by atoms with Crippen LogP contribution in [0, 0.1) is 11.8 Å². The van der Waals surface area contributed by atoms with E-state index in [9.17, 15) is 14.4 Å². The van der Waals surface area contributed by atoms with Gasteiger partial charge in [-0.3, -0.25) is 0 Å². The molecule has 2 amide bonds. The van der Waals surface area contributed by atoms with Gasteiger partial charge in [-0.25, -0.2) is 9.59 Å². The minimum atomic E-state index is -0.448. The van der Waals surface area contributed by atoms with Crippen LogP contribution in [-0.2, 0) is 14.3 Å². The monoisotopic (exact) mass is 460 g/mol. The van der Waals surface area contributed by atoms with E-state index in [1.165, 1.54) is 0 Å². The molecule has 0 aliphatic rings. The zero-order valence-electron chi connectivity index (χ0n) is 21.6. The summed E-state index contributed by atoms with van der Waals surface area (Å²) < 4.78 is 10.2. The number of aliphatic hydroxyl groups is 1. The molecule has 32 heavy (non-hydrogen) atoms. The van der Waals surface area contributed by atoms with Crippen molar-refractivity contribution in [3.63, 3.8) is 0 Å². The van der Waals surface area contributed by atoms with E-state index in [0.29, 0.717) is 19.0 Å². The van der Waals surface area contributed by atoms with Crippen molar-refractivity contribution >= 4 is 18.5 Å². The summed E-state index contributed by atoms with van der Waals surface area (Å²) >= 11 is 0. The maximum Gasteiger partial charge on any atom is 0.407 e. The highest BCUT2D eigenvalue weighted by Gasteiger charge is 2.16. The third kappa shape index (κ3) is 26.2. The summed E-state index contributed by atoms with van der Waals surface area (Å²) in [6.45, 7) is 16.4. The Balaban J connectivity index is 0. The van der Waals surface area contributed by atoms with Gasteiger partial charge >= 0.3 is 12.2 Å². The molecule has 0 spiro atoms. The Morgan fingerprint density at radius 3 is 1.56 bits per heavy atom. The normalized spacial score (nSPS) is 13.2. The van der Waals surface area contributed by atoms with Gasteiger partial charge in [0.2, 0.25) is 0 Å². The molecule has 0 bridgehead atoms. The summed E-state index contributed by atoms with van der Waals surface area (Å²) in [5, 5.41) is 14.2. The lowest BCUT2D eigenvalue weighted by Crippen LogP contribution is -2.33. The van der Waals surface area contributed by atoms with Gasteiger partial charge in [0.15, 0.2) is 0 Å². The molecule has 0 aromatic rings. The van der Waals surface area contributed by atoms with Crippen molar-refractivity contribution in [2.75, 3.05) is 19.7 Å². The lowest BCUT2D eigenvalue weighted by atomic mass is 10.1. The minimum absolute atomic E-state index is 0.113. The van der Waals surface area contributed by atoms with E-state index in [-0.39, 0.29) is 24.7 Å². The molecule has 0 aliphatic heterocycles. The molecule has 0 fully saturated rings. The molecule has 2 unspecified atom stereocenters. The van der Waals surface area contributed by atoms with Crippen molar-refractivity contribution < 1.29 is 29.0 Å². The summed E-state index contributed by atoms with van der Waals surface area (Å²) in [7, 11) is 0. The highest BCUT2D eigenvalue weighted by molar-refractivity contribution is 5.67. The first kappa shape index (κ1) is 32.4. The molecule has 2 atom stereocenters. The highest BCUT2D eigenvalue weighted by Crippen LogP contribution is 2.08. The predicted molar refractivity (Wildman–Crippen MR) is 128 cm³/mol. The van der Waals surface area contributed by atoms with Gasteiger partial charge in [0.05, 0.1) is 0 Å². The van der Waals surface area contributed by atoms with E-state index < -0.39 is 11.2 Å². The lowest BCUT2D eigenvalue weighted by molar-refractivity contribution is -0.110. The van der Waals surface area contributed by atoms with Crippen LogP contribution in [-0.4, -0.2) is 54.5 Å². The van der Waals surface area contributed by atoms with Crippen LogP contribution in [0.15, 0.2) is 0 Å². The van der Waals surface area contributed by atoms with Gasteiger partial charge in [0.25, 0.3) is 0 Å². The SMILES string of the molecule is CC(C=O)CCCCNC(=O)OC(C)(C)C.CC(CO)CCCCNC(=O)OC(C)(C)C. The molecule has 0 aromatic carbocycles. The molecule has 0 aliphatic carbocycles.